The van der Waals surface area contributed by atoms with E-state index in [-0.39, 0.29) is 0 Å². The van der Waals surface area contributed by atoms with Crippen LogP contribution in [0.1, 0.15) is 0 Å². The minimum Gasteiger partial charge on any atom is -0.456 e. The van der Waals surface area contributed by atoms with Gasteiger partial charge < -0.3 is 4.74 Å². The summed E-state index contributed by atoms with van der Waals surface area (Å²) in [6, 6.07) is 35.9. The molecule has 5 heteroatoms. The fourth-order valence-corrected chi connectivity index (χ4v) is 7.07. The van der Waals surface area contributed by atoms with E-state index in [1.165, 1.54) is 30.9 Å². The zero-order valence-electron chi connectivity index (χ0n) is 19.5. The van der Waals surface area contributed by atoms with Gasteiger partial charge in [-0.3, -0.25) is 4.57 Å². The van der Waals surface area contributed by atoms with Gasteiger partial charge in [-0.25, -0.2) is 9.97 Å². The fraction of sp³-hybridized carbons (Fsp3) is 0. The van der Waals surface area contributed by atoms with Crippen molar-refractivity contribution < 1.29 is 4.74 Å². The van der Waals surface area contributed by atoms with Crippen molar-refractivity contribution in [3.8, 4) is 28.7 Å². The number of nitrogens with zero attached hydrogens (tertiary/aromatic N) is 3. The van der Waals surface area contributed by atoms with Crippen LogP contribution in [-0.4, -0.2) is 14.5 Å². The first-order chi connectivity index (χ1) is 18.3. The molecule has 0 saturated carbocycles. The normalized spacial score (nSPS) is 12.5. The summed E-state index contributed by atoms with van der Waals surface area (Å²) in [5, 5.41) is 5.92. The van der Waals surface area contributed by atoms with Gasteiger partial charge in [0.1, 0.15) is 11.5 Å². The summed E-state index contributed by atoms with van der Waals surface area (Å²) in [4.78, 5) is 10.4. The average Bonchev–Trinajstić information content (AvgIpc) is 3.49. The molecule has 4 heterocycles. The SMILES string of the molecule is c1ccc2c(c1)Oc1cccc3nc(-n4c5ccccc5c5ccc6c7ccccc7sc6c54)nc-2c13. The zero-order valence-corrected chi connectivity index (χ0v) is 20.3. The van der Waals surface area contributed by atoms with Gasteiger partial charge in [-0.2, -0.15) is 0 Å². The molecule has 37 heavy (non-hydrogen) atoms. The van der Waals surface area contributed by atoms with Gasteiger partial charge in [-0.05, 0) is 36.4 Å². The molecule has 0 aliphatic carbocycles. The molecule has 0 spiro atoms. The first-order valence-corrected chi connectivity index (χ1v) is 13.1. The number of rotatable bonds is 1. The van der Waals surface area contributed by atoms with Crippen LogP contribution >= 0.6 is 11.3 Å². The van der Waals surface area contributed by atoms with Crippen molar-refractivity contribution in [3.05, 3.63) is 103 Å². The van der Waals surface area contributed by atoms with Crippen LogP contribution in [0.15, 0.2) is 103 Å². The molecule has 0 saturated heterocycles. The third-order valence-electron chi connectivity index (χ3n) is 7.41. The molecule has 0 atom stereocenters. The molecule has 1 aliphatic rings. The Morgan fingerprint density at radius 2 is 1.41 bits per heavy atom. The van der Waals surface area contributed by atoms with E-state index >= 15 is 0 Å². The third kappa shape index (κ3) is 2.51. The lowest BCUT2D eigenvalue weighted by atomic mass is 10.0. The van der Waals surface area contributed by atoms with E-state index in [9.17, 15) is 0 Å². The Bertz CT molecular complexity index is 2240. The second-order valence-electron chi connectivity index (χ2n) is 9.41. The van der Waals surface area contributed by atoms with E-state index < -0.39 is 0 Å². The minimum atomic E-state index is 0.674. The Kier molecular flexibility index (Phi) is 3.64. The van der Waals surface area contributed by atoms with Crippen LogP contribution in [0.4, 0.5) is 0 Å². The molecule has 0 amide bonds. The predicted molar refractivity (Wildman–Crippen MR) is 152 cm³/mol. The second-order valence-corrected chi connectivity index (χ2v) is 10.5. The van der Waals surface area contributed by atoms with Crippen molar-refractivity contribution in [2.45, 2.75) is 0 Å². The van der Waals surface area contributed by atoms with Crippen LogP contribution in [0.5, 0.6) is 11.5 Å². The maximum atomic E-state index is 6.23. The van der Waals surface area contributed by atoms with Gasteiger partial charge in [0.05, 0.1) is 32.3 Å². The lowest BCUT2D eigenvalue weighted by Crippen LogP contribution is -2.06. The van der Waals surface area contributed by atoms with Crippen molar-refractivity contribution in [2.75, 3.05) is 0 Å². The number of ether oxygens (including phenoxy) is 1. The summed E-state index contributed by atoms with van der Waals surface area (Å²) < 4.78 is 11.0. The van der Waals surface area contributed by atoms with Gasteiger partial charge >= 0.3 is 0 Å². The van der Waals surface area contributed by atoms with E-state index in [1.54, 1.807) is 0 Å². The molecule has 0 bridgehead atoms. The molecule has 5 aromatic carbocycles. The number of thiophene rings is 1. The summed E-state index contributed by atoms with van der Waals surface area (Å²) in [6.45, 7) is 0. The first-order valence-electron chi connectivity index (χ1n) is 12.3. The zero-order chi connectivity index (χ0) is 24.1. The molecule has 0 radical (unpaired) electrons. The lowest BCUT2D eigenvalue weighted by molar-refractivity contribution is 0.486. The number of benzene rings is 5. The van der Waals surface area contributed by atoms with E-state index in [2.05, 4.69) is 71.3 Å². The van der Waals surface area contributed by atoms with Gasteiger partial charge in [0.2, 0.25) is 5.95 Å². The van der Waals surface area contributed by atoms with Gasteiger partial charge in [0, 0.05) is 31.8 Å². The monoisotopic (exact) mass is 491 g/mol. The van der Waals surface area contributed by atoms with Gasteiger partial charge in [0.25, 0.3) is 0 Å². The fourth-order valence-electron chi connectivity index (χ4n) is 5.83. The van der Waals surface area contributed by atoms with Gasteiger partial charge in [-0.15, -0.1) is 11.3 Å². The first kappa shape index (κ1) is 19.4. The summed E-state index contributed by atoms with van der Waals surface area (Å²) in [5.41, 5.74) is 5.03. The molecule has 3 aromatic heterocycles. The highest BCUT2D eigenvalue weighted by Crippen LogP contribution is 2.46. The quantitative estimate of drug-likeness (QED) is 0.230. The number of fused-ring (bicyclic) bond motifs is 9. The highest BCUT2D eigenvalue weighted by molar-refractivity contribution is 7.26. The van der Waals surface area contributed by atoms with Crippen LogP contribution in [0.25, 0.3) is 70.1 Å². The van der Waals surface area contributed by atoms with Gasteiger partial charge in [0.15, 0.2) is 0 Å². The van der Waals surface area contributed by atoms with E-state index in [1.807, 2.05) is 47.7 Å². The van der Waals surface area contributed by atoms with Crippen LogP contribution in [-0.2, 0) is 0 Å². The van der Waals surface area contributed by atoms with E-state index in [0.717, 1.165) is 44.7 Å². The van der Waals surface area contributed by atoms with Crippen molar-refractivity contribution in [1.29, 1.82) is 0 Å². The summed E-state index contributed by atoms with van der Waals surface area (Å²) >= 11 is 1.83. The van der Waals surface area contributed by atoms with Crippen molar-refractivity contribution >= 4 is 64.2 Å². The molecular weight excluding hydrogens is 474 g/mol. The Morgan fingerprint density at radius 3 is 2.38 bits per heavy atom. The molecule has 9 rings (SSSR count). The lowest BCUT2D eigenvalue weighted by Gasteiger charge is -2.21. The van der Waals surface area contributed by atoms with Crippen molar-refractivity contribution in [3.63, 3.8) is 0 Å². The maximum absolute atomic E-state index is 6.23. The molecule has 0 fully saturated rings. The van der Waals surface area contributed by atoms with Gasteiger partial charge in [-0.1, -0.05) is 66.7 Å². The second kappa shape index (κ2) is 6.93. The Labute approximate surface area is 215 Å². The number of hydrogen-bond donors (Lipinski definition) is 0. The number of hydrogen-bond acceptors (Lipinski definition) is 4. The van der Waals surface area contributed by atoms with E-state index in [0.29, 0.717) is 5.95 Å². The van der Waals surface area contributed by atoms with Crippen LogP contribution < -0.4 is 4.74 Å². The largest absolute Gasteiger partial charge is 0.456 e. The topological polar surface area (TPSA) is 39.9 Å². The van der Waals surface area contributed by atoms with Crippen LogP contribution in [0.3, 0.4) is 0 Å². The van der Waals surface area contributed by atoms with Crippen LogP contribution in [0.2, 0.25) is 0 Å². The van der Waals surface area contributed by atoms with Crippen molar-refractivity contribution in [2.24, 2.45) is 0 Å². The third-order valence-corrected chi connectivity index (χ3v) is 8.61. The smallest absolute Gasteiger partial charge is 0.235 e. The molecular formula is C32H17N3OS. The average molecular weight is 492 g/mol. The number of aromatic nitrogens is 3. The Hall–Kier alpha value is -4.74. The van der Waals surface area contributed by atoms with Crippen LogP contribution in [0, 0.1) is 0 Å². The summed E-state index contributed by atoms with van der Waals surface area (Å²) in [6.07, 6.45) is 0. The maximum Gasteiger partial charge on any atom is 0.235 e. The molecule has 4 nitrogen and oxygen atoms in total. The van der Waals surface area contributed by atoms with E-state index in [4.69, 9.17) is 14.7 Å². The summed E-state index contributed by atoms with van der Waals surface area (Å²) in [7, 11) is 0. The summed E-state index contributed by atoms with van der Waals surface area (Å²) in [5.74, 6) is 2.29. The highest BCUT2D eigenvalue weighted by atomic mass is 32.1. The predicted octanol–water partition coefficient (Wildman–Crippen LogP) is 8.87. The molecule has 1 aliphatic heterocycles. The molecule has 0 unspecified atom stereocenters. The standard InChI is InChI=1S/C32H17N3OS/c1-4-12-24-18(8-1)20-16-17-21-19-9-3-6-15-27(19)37-31(21)30(20)35(24)32-33-23-11-7-14-26-28(23)29(34-32)22-10-2-5-13-25(22)36-26/h1-17H. The van der Waals surface area contributed by atoms with Crippen molar-refractivity contribution in [1.82, 2.24) is 14.5 Å². The molecule has 0 N–H and O–H groups in total. The minimum absolute atomic E-state index is 0.674. The molecule has 172 valence electrons. The Morgan fingerprint density at radius 1 is 0.622 bits per heavy atom. The number of para-hydroxylation sites is 2. The molecule has 8 aromatic rings. The highest BCUT2D eigenvalue weighted by Gasteiger charge is 2.25. The Balaban J connectivity index is 1.48.